The highest BCUT2D eigenvalue weighted by molar-refractivity contribution is 5.94. The van der Waals surface area contributed by atoms with E-state index in [1.165, 1.54) is 22.3 Å². The molecular formula is C19H23N3O. The number of hydrogen-bond acceptors (Lipinski definition) is 3. The number of carbonyl (C=O) groups is 1. The zero-order chi connectivity index (χ0) is 16.4. The van der Waals surface area contributed by atoms with Crippen LogP contribution in [0, 0.1) is 20.8 Å². The number of pyridine rings is 1. The van der Waals surface area contributed by atoms with Crippen LogP contribution in [0.5, 0.6) is 0 Å². The lowest BCUT2D eigenvalue weighted by Crippen LogP contribution is -2.25. The van der Waals surface area contributed by atoms with Crippen LogP contribution in [0.1, 0.15) is 45.5 Å². The molecule has 2 aromatic rings. The molecule has 3 rings (SSSR count). The van der Waals surface area contributed by atoms with Crippen molar-refractivity contribution in [2.75, 3.05) is 5.32 Å². The van der Waals surface area contributed by atoms with Crippen molar-refractivity contribution in [3.8, 4) is 0 Å². The molecular weight excluding hydrogens is 286 g/mol. The van der Waals surface area contributed by atoms with Crippen LogP contribution >= 0.6 is 0 Å². The van der Waals surface area contributed by atoms with E-state index >= 15 is 0 Å². The van der Waals surface area contributed by atoms with Crippen molar-refractivity contribution in [3.63, 3.8) is 0 Å². The molecule has 1 aromatic carbocycles. The van der Waals surface area contributed by atoms with Crippen molar-refractivity contribution in [1.82, 2.24) is 10.3 Å². The number of rotatable bonds is 5. The lowest BCUT2D eigenvalue weighted by Gasteiger charge is -2.13. The Balaban J connectivity index is 1.63. The van der Waals surface area contributed by atoms with Crippen LogP contribution in [0.25, 0.3) is 0 Å². The lowest BCUT2D eigenvalue weighted by atomic mass is 10.00. The highest BCUT2D eigenvalue weighted by atomic mass is 16.1. The van der Waals surface area contributed by atoms with Crippen LogP contribution < -0.4 is 10.6 Å². The minimum absolute atomic E-state index is 0.0308. The quantitative estimate of drug-likeness (QED) is 0.888. The molecule has 0 saturated heterocycles. The number of aryl methyl sites for hydroxylation is 3. The smallest absolute Gasteiger partial charge is 0.253 e. The third kappa shape index (κ3) is 3.89. The lowest BCUT2D eigenvalue weighted by molar-refractivity contribution is 0.0951. The predicted molar refractivity (Wildman–Crippen MR) is 92.7 cm³/mol. The van der Waals surface area contributed by atoms with Gasteiger partial charge >= 0.3 is 0 Å². The molecule has 0 unspecified atom stereocenters. The van der Waals surface area contributed by atoms with E-state index in [2.05, 4.69) is 48.5 Å². The maximum atomic E-state index is 11.9. The molecule has 0 spiro atoms. The molecule has 1 aliphatic rings. The van der Waals surface area contributed by atoms with Crippen molar-refractivity contribution in [3.05, 3.63) is 58.3 Å². The second kappa shape index (κ2) is 6.41. The van der Waals surface area contributed by atoms with Crippen molar-refractivity contribution in [2.24, 2.45) is 0 Å². The fourth-order valence-electron chi connectivity index (χ4n) is 2.80. The SMILES string of the molecule is Cc1cc(C)c(CNc2ccc(C(=O)NC3CC3)cn2)c(C)c1. The Morgan fingerprint density at radius 3 is 2.43 bits per heavy atom. The molecule has 0 radical (unpaired) electrons. The summed E-state index contributed by atoms with van der Waals surface area (Å²) >= 11 is 0. The minimum Gasteiger partial charge on any atom is -0.366 e. The summed E-state index contributed by atoms with van der Waals surface area (Å²) in [5.74, 6) is 0.754. The summed E-state index contributed by atoms with van der Waals surface area (Å²) in [5, 5.41) is 6.31. The van der Waals surface area contributed by atoms with Gasteiger partial charge in [0.15, 0.2) is 0 Å². The van der Waals surface area contributed by atoms with Crippen LogP contribution in [0.3, 0.4) is 0 Å². The molecule has 0 bridgehead atoms. The first kappa shape index (κ1) is 15.5. The zero-order valence-corrected chi connectivity index (χ0v) is 13.9. The first-order valence-electron chi connectivity index (χ1n) is 8.10. The van der Waals surface area contributed by atoms with Gasteiger partial charge in [0.25, 0.3) is 5.91 Å². The molecule has 1 amide bonds. The summed E-state index contributed by atoms with van der Waals surface area (Å²) in [4.78, 5) is 16.3. The van der Waals surface area contributed by atoms with E-state index in [-0.39, 0.29) is 5.91 Å². The number of anilines is 1. The topological polar surface area (TPSA) is 54.0 Å². The largest absolute Gasteiger partial charge is 0.366 e. The van der Waals surface area contributed by atoms with Crippen molar-refractivity contribution in [1.29, 1.82) is 0 Å². The van der Waals surface area contributed by atoms with Crippen LogP contribution in [0.4, 0.5) is 5.82 Å². The Labute approximate surface area is 137 Å². The van der Waals surface area contributed by atoms with Gasteiger partial charge in [-0.3, -0.25) is 4.79 Å². The molecule has 2 N–H and O–H groups in total. The number of nitrogens with one attached hydrogen (secondary N) is 2. The van der Waals surface area contributed by atoms with Gasteiger partial charge in [0.05, 0.1) is 5.56 Å². The predicted octanol–water partition coefficient (Wildman–Crippen LogP) is 3.51. The zero-order valence-electron chi connectivity index (χ0n) is 13.9. The minimum atomic E-state index is -0.0308. The third-order valence-electron chi connectivity index (χ3n) is 4.22. The first-order valence-corrected chi connectivity index (χ1v) is 8.10. The number of benzene rings is 1. The molecule has 23 heavy (non-hydrogen) atoms. The van der Waals surface area contributed by atoms with Gasteiger partial charge in [-0.1, -0.05) is 17.7 Å². The normalized spacial score (nSPS) is 13.7. The van der Waals surface area contributed by atoms with Gasteiger partial charge in [0.2, 0.25) is 0 Å². The monoisotopic (exact) mass is 309 g/mol. The Hall–Kier alpha value is -2.36. The van der Waals surface area contributed by atoms with Gasteiger partial charge in [-0.25, -0.2) is 4.98 Å². The van der Waals surface area contributed by atoms with E-state index in [4.69, 9.17) is 0 Å². The molecule has 0 atom stereocenters. The Morgan fingerprint density at radius 1 is 1.17 bits per heavy atom. The summed E-state index contributed by atoms with van der Waals surface area (Å²) in [6.45, 7) is 7.12. The highest BCUT2D eigenvalue weighted by Crippen LogP contribution is 2.20. The standard InChI is InChI=1S/C19H23N3O/c1-12-8-13(2)17(14(3)9-12)11-21-18-7-4-15(10-20-18)19(23)22-16-5-6-16/h4,7-10,16H,5-6,11H2,1-3H3,(H,20,21)(H,22,23). The van der Waals surface area contributed by atoms with E-state index < -0.39 is 0 Å². The van der Waals surface area contributed by atoms with E-state index in [1.807, 2.05) is 12.1 Å². The molecule has 1 fully saturated rings. The average Bonchev–Trinajstić information content (AvgIpc) is 3.30. The molecule has 1 saturated carbocycles. The third-order valence-corrected chi connectivity index (χ3v) is 4.22. The second-order valence-corrected chi connectivity index (χ2v) is 6.41. The van der Waals surface area contributed by atoms with Crippen molar-refractivity contribution in [2.45, 2.75) is 46.2 Å². The summed E-state index contributed by atoms with van der Waals surface area (Å²) in [5.41, 5.74) is 5.77. The summed E-state index contributed by atoms with van der Waals surface area (Å²) < 4.78 is 0. The van der Waals surface area contributed by atoms with E-state index in [0.29, 0.717) is 11.6 Å². The number of carbonyl (C=O) groups excluding carboxylic acids is 1. The first-order chi connectivity index (χ1) is 11.0. The summed E-state index contributed by atoms with van der Waals surface area (Å²) in [6.07, 6.45) is 3.82. The Morgan fingerprint density at radius 2 is 1.87 bits per heavy atom. The van der Waals surface area contributed by atoms with Gasteiger partial charge in [-0.05, 0) is 62.4 Å². The molecule has 1 aromatic heterocycles. The van der Waals surface area contributed by atoms with Crippen LogP contribution in [-0.4, -0.2) is 16.9 Å². The number of nitrogens with zero attached hydrogens (tertiary/aromatic N) is 1. The molecule has 1 heterocycles. The molecule has 0 aliphatic heterocycles. The average molecular weight is 309 g/mol. The number of hydrogen-bond donors (Lipinski definition) is 2. The Kier molecular flexibility index (Phi) is 4.33. The maximum Gasteiger partial charge on any atom is 0.253 e. The fraction of sp³-hybridized carbons (Fsp3) is 0.368. The van der Waals surface area contributed by atoms with Gasteiger partial charge in [-0.15, -0.1) is 0 Å². The molecule has 4 heteroatoms. The Bertz CT molecular complexity index is 695. The summed E-state index contributed by atoms with van der Waals surface area (Å²) in [7, 11) is 0. The van der Waals surface area contributed by atoms with Gasteiger partial charge in [0, 0.05) is 18.8 Å². The highest BCUT2D eigenvalue weighted by Gasteiger charge is 2.23. The summed E-state index contributed by atoms with van der Waals surface area (Å²) in [6, 6.07) is 8.45. The second-order valence-electron chi connectivity index (χ2n) is 6.41. The van der Waals surface area contributed by atoms with Crippen LogP contribution in [-0.2, 0) is 6.54 Å². The number of amides is 1. The molecule has 1 aliphatic carbocycles. The van der Waals surface area contributed by atoms with Crippen LogP contribution in [0.2, 0.25) is 0 Å². The molecule has 4 nitrogen and oxygen atoms in total. The number of aromatic nitrogens is 1. The van der Waals surface area contributed by atoms with Gasteiger partial charge in [0.1, 0.15) is 5.82 Å². The van der Waals surface area contributed by atoms with E-state index in [1.54, 1.807) is 6.20 Å². The van der Waals surface area contributed by atoms with Crippen molar-refractivity contribution >= 4 is 11.7 Å². The fourth-order valence-corrected chi connectivity index (χ4v) is 2.80. The van der Waals surface area contributed by atoms with Gasteiger partial charge < -0.3 is 10.6 Å². The van der Waals surface area contributed by atoms with E-state index in [0.717, 1.165) is 25.2 Å². The van der Waals surface area contributed by atoms with E-state index in [9.17, 15) is 4.79 Å². The van der Waals surface area contributed by atoms with Crippen molar-refractivity contribution < 1.29 is 4.79 Å². The molecule has 120 valence electrons. The van der Waals surface area contributed by atoms with Crippen LogP contribution in [0.15, 0.2) is 30.5 Å². The van der Waals surface area contributed by atoms with Gasteiger partial charge in [-0.2, -0.15) is 0 Å². The maximum absolute atomic E-state index is 11.9.